The average Bonchev–Trinajstić information content (AvgIpc) is 2.38. The largest absolute Gasteiger partial charge is 0.486 e. The molecule has 2 aromatic rings. The zero-order valence-corrected chi connectivity index (χ0v) is 9.56. The van der Waals surface area contributed by atoms with E-state index in [4.69, 9.17) is 15.9 Å². The number of rotatable bonds is 4. The SMILES string of the molecule is N=C(N)c1cc(COc2ccccc2F)ccn1. The van der Waals surface area contributed by atoms with E-state index in [1.807, 2.05) is 0 Å². The summed E-state index contributed by atoms with van der Waals surface area (Å²) in [5, 5.41) is 7.28. The lowest BCUT2D eigenvalue weighted by Crippen LogP contribution is -2.13. The molecule has 3 N–H and O–H groups in total. The highest BCUT2D eigenvalue weighted by Crippen LogP contribution is 2.17. The van der Waals surface area contributed by atoms with Gasteiger partial charge in [-0.2, -0.15) is 0 Å². The van der Waals surface area contributed by atoms with Crippen molar-refractivity contribution >= 4 is 5.84 Å². The summed E-state index contributed by atoms with van der Waals surface area (Å²) in [6.45, 7) is 0.198. The molecule has 0 unspecified atom stereocenters. The lowest BCUT2D eigenvalue weighted by molar-refractivity contribution is 0.290. The van der Waals surface area contributed by atoms with Crippen molar-refractivity contribution < 1.29 is 9.13 Å². The Morgan fingerprint density at radius 2 is 2.11 bits per heavy atom. The molecule has 0 aliphatic carbocycles. The average molecular weight is 245 g/mol. The van der Waals surface area contributed by atoms with Crippen LogP contribution in [0.25, 0.3) is 0 Å². The first-order valence-electron chi connectivity index (χ1n) is 5.33. The number of hydrogen-bond acceptors (Lipinski definition) is 3. The van der Waals surface area contributed by atoms with Crippen LogP contribution in [0.3, 0.4) is 0 Å². The van der Waals surface area contributed by atoms with Gasteiger partial charge < -0.3 is 10.5 Å². The monoisotopic (exact) mass is 245 g/mol. The second-order valence-electron chi connectivity index (χ2n) is 3.68. The van der Waals surface area contributed by atoms with Crippen LogP contribution in [-0.2, 0) is 6.61 Å². The highest BCUT2D eigenvalue weighted by atomic mass is 19.1. The predicted molar refractivity (Wildman–Crippen MR) is 66.0 cm³/mol. The molecule has 18 heavy (non-hydrogen) atoms. The molecule has 4 nitrogen and oxygen atoms in total. The maximum atomic E-state index is 13.3. The van der Waals surface area contributed by atoms with Crippen molar-refractivity contribution in [1.29, 1.82) is 5.41 Å². The smallest absolute Gasteiger partial charge is 0.165 e. The van der Waals surface area contributed by atoms with Crippen molar-refractivity contribution in [3.05, 3.63) is 59.7 Å². The number of benzene rings is 1. The number of ether oxygens (including phenoxy) is 1. The van der Waals surface area contributed by atoms with Gasteiger partial charge in [-0.3, -0.25) is 10.4 Å². The first-order valence-corrected chi connectivity index (χ1v) is 5.33. The molecule has 0 saturated carbocycles. The Morgan fingerprint density at radius 3 is 2.83 bits per heavy atom. The third kappa shape index (κ3) is 2.82. The molecule has 0 bridgehead atoms. The van der Waals surface area contributed by atoms with Crippen LogP contribution < -0.4 is 10.5 Å². The van der Waals surface area contributed by atoms with Crippen molar-refractivity contribution in [2.24, 2.45) is 5.73 Å². The maximum absolute atomic E-state index is 13.3. The summed E-state index contributed by atoms with van der Waals surface area (Å²) in [7, 11) is 0. The Hall–Kier alpha value is -2.43. The fraction of sp³-hybridized carbons (Fsp3) is 0.0769. The van der Waals surface area contributed by atoms with Crippen molar-refractivity contribution in [1.82, 2.24) is 4.98 Å². The van der Waals surface area contributed by atoms with Gasteiger partial charge >= 0.3 is 0 Å². The Kier molecular flexibility index (Phi) is 3.52. The number of pyridine rings is 1. The minimum Gasteiger partial charge on any atom is -0.486 e. The first-order chi connectivity index (χ1) is 8.66. The van der Waals surface area contributed by atoms with Crippen LogP contribution in [0.15, 0.2) is 42.6 Å². The fourth-order valence-electron chi connectivity index (χ4n) is 1.43. The number of para-hydroxylation sites is 1. The van der Waals surface area contributed by atoms with Crippen LogP contribution in [0.5, 0.6) is 5.75 Å². The van der Waals surface area contributed by atoms with Crippen molar-refractivity contribution in [2.75, 3.05) is 0 Å². The summed E-state index contributed by atoms with van der Waals surface area (Å²) < 4.78 is 18.7. The van der Waals surface area contributed by atoms with Crippen LogP contribution in [0.4, 0.5) is 4.39 Å². The third-order valence-corrected chi connectivity index (χ3v) is 2.33. The molecule has 0 aliphatic heterocycles. The highest BCUT2D eigenvalue weighted by Gasteiger charge is 2.04. The number of amidine groups is 1. The molecule has 0 spiro atoms. The molecule has 0 atom stereocenters. The number of nitrogen functional groups attached to an aromatic ring is 1. The van der Waals surface area contributed by atoms with E-state index in [2.05, 4.69) is 4.98 Å². The summed E-state index contributed by atoms with van der Waals surface area (Å²) in [4.78, 5) is 3.93. The van der Waals surface area contributed by atoms with Crippen molar-refractivity contribution in [3.63, 3.8) is 0 Å². The lowest BCUT2D eigenvalue weighted by Gasteiger charge is -2.07. The van der Waals surface area contributed by atoms with Crippen LogP contribution in [-0.4, -0.2) is 10.8 Å². The van der Waals surface area contributed by atoms with Gasteiger partial charge in [0.1, 0.15) is 18.1 Å². The zero-order chi connectivity index (χ0) is 13.0. The number of nitrogens with two attached hydrogens (primary N) is 1. The number of nitrogens with one attached hydrogen (secondary N) is 1. The van der Waals surface area contributed by atoms with Gasteiger partial charge in [0, 0.05) is 6.20 Å². The minimum absolute atomic E-state index is 0.109. The number of aromatic nitrogens is 1. The van der Waals surface area contributed by atoms with E-state index in [1.54, 1.807) is 30.3 Å². The zero-order valence-electron chi connectivity index (χ0n) is 9.56. The molecular formula is C13H12FN3O. The first kappa shape index (κ1) is 12.0. The molecule has 1 heterocycles. The van der Waals surface area contributed by atoms with E-state index in [-0.39, 0.29) is 18.2 Å². The van der Waals surface area contributed by atoms with Gasteiger partial charge in [-0.1, -0.05) is 12.1 Å². The summed E-state index contributed by atoms with van der Waals surface area (Å²) in [5.41, 5.74) is 6.49. The Bertz CT molecular complexity index is 572. The van der Waals surface area contributed by atoms with Crippen molar-refractivity contribution in [3.8, 4) is 5.75 Å². The van der Waals surface area contributed by atoms with E-state index < -0.39 is 5.82 Å². The van der Waals surface area contributed by atoms with E-state index in [1.165, 1.54) is 12.3 Å². The Morgan fingerprint density at radius 1 is 1.33 bits per heavy atom. The number of halogens is 1. The second kappa shape index (κ2) is 5.27. The molecule has 0 amide bonds. The fourth-order valence-corrected chi connectivity index (χ4v) is 1.43. The molecule has 1 aromatic carbocycles. The highest BCUT2D eigenvalue weighted by molar-refractivity contribution is 5.93. The van der Waals surface area contributed by atoms with E-state index in [0.29, 0.717) is 5.69 Å². The molecule has 0 aliphatic rings. The summed E-state index contributed by atoms with van der Waals surface area (Å²) in [6, 6.07) is 9.57. The van der Waals surface area contributed by atoms with E-state index >= 15 is 0 Å². The second-order valence-corrected chi connectivity index (χ2v) is 3.68. The molecule has 5 heteroatoms. The summed E-state index contributed by atoms with van der Waals surface area (Å²) in [6.07, 6.45) is 1.54. The van der Waals surface area contributed by atoms with Gasteiger partial charge in [0.2, 0.25) is 0 Å². The molecule has 2 rings (SSSR count). The topological polar surface area (TPSA) is 72.0 Å². The normalized spacial score (nSPS) is 10.1. The van der Waals surface area contributed by atoms with E-state index in [9.17, 15) is 4.39 Å². The van der Waals surface area contributed by atoms with Crippen LogP contribution in [0.2, 0.25) is 0 Å². The van der Waals surface area contributed by atoms with Gasteiger partial charge in [0.15, 0.2) is 11.6 Å². The quantitative estimate of drug-likeness (QED) is 0.640. The molecule has 0 saturated heterocycles. The van der Waals surface area contributed by atoms with Crippen LogP contribution in [0, 0.1) is 11.2 Å². The van der Waals surface area contributed by atoms with Crippen LogP contribution >= 0.6 is 0 Å². The Balaban J connectivity index is 2.09. The molecule has 1 aromatic heterocycles. The summed E-state index contributed by atoms with van der Waals surface area (Å²) in [5.74, 6) is -0.320. The van der Waals surface area contributed by atoms with Crippen molar-refractivity contribution in [2.45, 2.75) is 6.61 Å². The lowest BCUT2D eigenvalue weighted by atomic mass is 10.2. The molecule has 0 fully saturated rings. The third-order valence-electron chi connectivity index (χ3n) is 2.33. The predicted octanol–water partition coefficient (Wildman–Crippen LogP) is 2.08. The van der Waals surface area contributed by atoms with Gasteiger partial charge in [-0.15, -0.1) is 0 Å². The standard InChI is InChI=1S/C13H12FN3O/c14-10-3-1-2-4-12(10)18-8-9-5-6-17-11(7-9)13(15)16/h1-7H,8H2,(H3,15,16). The number of nitrogens with zero attached hydrogens (tertiary/aromatic N) is 1. The molecular weight excluding hydrogens is 233 g/mol. The van der Waals surface area contributed by atoms with Gasteiger partial charge in [-0.25, -0.2) is 4.39 Å². The van der Waals surface area contributed by atoms with Gasteiger partial charge in [0.25, 0.3) is 0 Å². The molecule has 0 radical (unpaired) electrons. The molecule has 92 valence electrons. The summed E-state index contributed by atoms with van der Waals surface area (Å²) >= 11 is 0. The van der Waals surface area contributed by atoms with Gasteiger partial charge in [-0.05, 0) is 29.8 Å². The van der Waals surface area contributed by atoms with E-state index in [0.717, 1.165) is 5.56 Å². The van der Waals surface area contributed by atoms with Gasteiger partial charge in [0.05, 0.1) is 0 Å². The minimum atomic E-state index is -0.404. The maximum Gasteiger partial charge on any atom is 0.165 e. The Labute approximate surface area is 104 Å². The van der Waals surface area contributed by atoms with Crippen LogP contribution in [0.1, 0.15) is 11.3 Å². The number of hydrogen-bond donors (Lipinski definition) is 2.